The fourth-order valence-electron chi connectivity index (χ4n) is 4.36. The Morgan fingerprint density at radius 1 is 1.24 bits per heavy atom. The van der Waals surface area contributed by atoms with E-state index in [9.17, 15) is 0 Å². The zero-order valence-electron chi connectivity index (χ0n) is 20.1. The quantitative estimate of drug-likeness (QED) is 0.366. The molecular weight excluding hydrogens is 432 g/mol. The highest BCUT2D eigenvalue weighted by atomic mass is 16.5. The van der Waals surface area contributed by atoms with Crippen LogP contribution in [0.5, 0.6) is 0 Å². The Morgan fingerprint density at radius 3 is 2.74 bits per heavy atom. The van der Waals surface area contributed by atoms with E-state index < -0.39 is 0 Å². The van der Waals surface area contributed by atoms with Gasteiger partial charge in [-0.05, 0) is 51.7 Å². The molecule has 5 rings (SSSR count). The Hall–Kier alpha value is -3.24. The summed E-state index contributed by atoms with van der Waals surface area (Å²) in [6.45, 7) is 7.08. The number of hydrogen-bond donors (Lipinski definition) is 2. The van der Waals surface area contributed by atoms with Gasteiger partial charge in [-0.2, -0.15) is 5.10 Å². The minimum absolute atomic E-state index is 0.161. The summed E-state index contributed by atoms with van der Waals surface area (Å²) in [5, 5.41) is 22.2. The molecule has 0 spiro atoms. The summed E-state index contributed by atoms with van der Waals surface area (Å²) in [6.07, 6.45) is 10.4. The molecule has 0 unspecified atom stereocenters. The minimum atomic E-state index is 0.161. The molecule has 4 heterocycles. The van der Waals surface area contributed by atoms with Crippen molar-refractivity contribution in [1.29, 1.82) is 0 Å². The lowest BCUT2D eigenvalue weighted by Gasteiger charge is -2.36. The Bertz CT molecular complexity index is 1280. The summed E-state index contributed by atoms with van der Waals surface area (Å²) in [4.78, 5) is 9.35. The van der Waals surface area contributed by atoms with Gasteiger partial charge in [-0.1, -0.05) is 0 Å². The van der Waals surface area contributed by atoms with E-state index in [0.29, 0.717) is 30.7 Å². The summed E-state index contributed by atoms with van der Waals surface area (Å²) in [5.74, 6) is 2.06. The van der Waals surface area contributed by atoms with Crippen LogP contribution in [0.1, 0.15) is 44.7 Å². The van der Waals surface area contributed by atoms with Crippen molar-refractivity contribution in [3.8, 4) is 22.9 Å². The number of hydrogen-bond acceptors (Lipinski definition) is 7. The van der Waals surface area contributed by atoms with E-state index in [4.69, 9.17) is 25.0 Å². The van der Waals surface area contributed by atoms with E-state index in [-0.39, 0.29) is 18.8 Å². The molecule has 4 aromatic heterocycles. The van der Waals surface area contributed by atoms with Crippen LogP contribution in [0.15, 0.2) is 30.9 Å². The number of fused-ring (bicyclic) bond motifs is 1. The lowest BCUT2D eigenvalue weighted by atomic mass is 9.89. The molecule has 0 bridgehead atoms. The van der Waals surface area contributed by atoms with Crippen LogP contribution >= 0.6 is 0 Å². The first-order chi connectivity index (χ1) is 16.4. The zero-order chi connectivity index (χ0) is 23.8. The van der Waals surface area contributed by atoms with E-state index in [0.717, 1.165) is 41.0 Å². The van der Waals surface area contributed by atoms with Gasteiger partial charge in [-0.15, -0.1) is 5.10 Å². The number of nitrogens with one attached hydrogen (secondary N) is 1. The van der Waals surface area contributed by atoms with Gasteiger partial charge in [0.25, 0.3) is 0 Å². The fraction of sp³-hybridized carbons (Fsp3) is 0.500. The number of aliphatic hydroxyl groups excluding tert-OH is 1. The molecule has 0 aliphatic heterocycles. The number of ether oxygens (including phenoxy) is 1. The number of imidazole rings is 1. The molecule has 2 N–H and O–H groups in total. The van der Waals surface area contributed by atoms with Crippen LogP contribution in [-0.2, 0) is 11.8 Å². The van der Waals surface area contributed by atoms with E-state index >= 15 is 0 Å². The van der Waals surface area contributed by atoms with Crippen LogP contribution in [-0.4, -0.2) is 64.4 Å². The minimum Gasteiger partial charge on any atom is -0.396 e. The second-order valence-corrected chi connectivity index (χ2v) is 9.26. The molecule has 0 atom stereocenters. The fourth-order valence-corrected chi connectivity index (χ4v) is 4.36. The zero-order valence-corrected chi connectivity index (χ0v) is 20.1. The second-order valence-electron chi connectivity index (χ2n) is 9.26. The Kier molecular flexibility index (Phi) is 6.09. The van der Waals surface area contributed by atoms with Crippen molar-refractivity contribution in [2.75, 3.05) is 18.5 Å². The smallest absolute Gasteiger partial charge is 0.218 e. The standard InChI is InChI=1S/C24H32N8O2/c1-15(2)31-8-6-20(28-31)19-14-32-21(16(19)3)22(26-17-12-18(13-17)34-11-5-10-33)27-23(29-32)24-25-7-9-30(24)4/h6-9,14-15,17-18,33H,5,10-13H2,1-4H3,(H,26,27,29). The van der Waals surface area contributed by atoms with Crippen LogP contribution < -0.4 is 5.32 Å². The third-order valence-corrected chi connectivity index (χ3v) is 6.41. The molecule has 0 saturated heterocycles. The third kappa shape index (κ3) is 4.19. The number of aliphatic hydroxyl groups is 1. The van der Waals surface area contributed by atoms with Gasteiger partial charge >= 0.3 is 0 Å². The van der Waals surface area contributed by atoms with Gasteiger partial charge in [0.15, 0.2) is 11.6 Å². The first-order valence-electron chi connectivity index (χ1n) is 11.9. The molecule has 1 saturated carbocycles. The van der Waals surface area contributed by atoms with Gasteiger partial charge in [0, 0.05) is 62.7 Å². The van der Waals surface area contributed by atoms with Gasteiger partial charge in [0.2, 0.25) is 5.82 Å². The molecule has 10 nitrogen and oxygen atoms in total. The van der Waals surface area contributed by atoms with Crippen LogP contribution in [0.2, 0.25) is 0 Å². The topological polar surface area (TPSA) is 107 Å². The van der Waals surface area contributed by atoms with Crippen molar-refractivity contribution >= 4 is 11.3 Å². The maximum absolute atomic E-state index is 8.96. The maximum Gasteiger partial charge on any atom is 0.218 e. The maximum atomic E-state index is 8.96. The summed E-state index contributed by atoms with van der Waals surface area (Å²) in [5.41, 5.74) is 3.98. The van der Waals surface area contributed by atoms with Crippen molar-refractivity contribution in [2.45, 2.75) is 58.2 Å². The molecule has 10 heteroatoms. The molecule has 180 valence electrons. The highest BCUT2D eigenvalue weighted by Crippen LogP contribution is 2.34. The normalized spacial score (nSPS) is 18.1. The van der Waals surface area contributed by atoms with Gasteiger partial charge in [0.05, 0.1) is 11.8 Å². The molecule has 4 aromatic rings. The highest BCUT2D eigenvalue weighted by molar-refractivity contribution is 5.82. The van der Waals surface area contributed by atoms with E-state index in [2.05, 4.69) is 31.1 Å². The number of nitrogens with zero attached hydrogens (tertiary/aromatic N) is 7. The summed E-state index contributed by atoms with van der Waals surface area (Å²) >= 11 is 0. The van der Waals surface area contributed by atoms with Crippen LogP contribution in [0.3, 0.4) is 0 Å². The molecule has 0 radical (unpaired) electrons. The molecule has 0 amide bonds. The van der Waals surface area contributed by atoms with Gasteiger partial charge in [-0.25, -0.2) is 14.5 Å². The predicted octanol–water partition coefficient (Wildman–Crippen LogP) is 3.22. The molecule has 1 fully saturated rings. The van der Waals surface area contributed by atoms with Crippen molar-refractivity contribution in [3.63, 3.8) is 0 Å². The largest absolute Gasteiger partial charge is 0.396 e. The van der Waals surface area contributed by atoms with Crippen LogP contribution in [0.4, 0.5) is 5.82 Å². The van der Waals surface area contributed by atoms with Gasteiger partial charge in [0.1, 0.15) is 5.52 Å². The lowest BCUT2D eigenvalue weighted by molar-refractivity contribution is -0.00944. The molecule has 1 aliphatic rings. The van der Waals surface area contributed by atoms with E-state index in [1.807, 2.05) is 45.5 Å². The van der Waals surface area contributed by atoms with Crippen molar-refractivity contribution in [1.82, 2.24) is 33.9 Å². The highest BCUT2D eigenvalue weighted by Gasteiger charge is 2.31. The molecule has 1 aliphatic carbocycles. The molecule has 0 aromatic carbocycles. The summed E-state index contributed by atoms with van der Waals surface area (Å²) in [6, 6.07) is 2.61. The van der Waals surface area contributed by atoms with Crippen molar-refractivity contribution < 1.29 is 9.84 Å². The summed E-state index contributed by atoms with van der Waals surface area (Å²) < 4.78 is 11.6. The van der Waals surface area contributed by atoms with E-state index in [1.54, 1.807) is 6.20 Å². The lowest BCUT2D eigenvalue weighted by Crippen LogP contribution is -2.41. The average Bonchev–Trinajstić information content (AvgIpc) is 3.50. The molecule has 34 heavy (non-hydrogen) atoms. The van der Waals surface area contributed by atoms with Gasteiger partial charge < -0.3 is 19.7 Å². The number of rotatable bonds is 9. The first kappa shape index (κ1) is 22.5. The van der Waals surface area contributed by atoms with E-state index in [1.165, 1.54) is 0 Å². The number of aryl methyl sites for hydroxylation is 2. The van der Waals surface area contributed by atoms with Gasteiger partial charge in [-0.3, -0.25) is 4.68 Å². The Balaban J connectivity index is 1.50. The van der Waals surface area contributed by atoms with Crippen molar-refractivity contribution in [2.24, 2.45) is 7.05 Å². The Labute approximate surface area is 198 Å². The van der Waals surface area contributed by atoms with Crippen LogP contribution in [0.25, 0.3) is 28.4 Å². The average molecular weight is 465 g/mol. The monoisotopic (exact) mass is 464 g/mol. The SMILES string of the molecule is Cc1c(-c2ccn(C(C)C)n2)cn2nc(-c3nccn3C)nc(NC3CC(OCCCO)C3)c12. The number of anilines is 1. The Morgan fingerprint density at radius 2 is 2.06 bits per heavy atom. The summed E-state index contributed by atoms with van der Waals surface area (Å²) in [7, 11) is 1.94. The van der Waals surface area contributed by atoms with Crippen LogP contribution in [0, 0.1) is 6.92 Å². The predicted molar refractivity (Wildman–Crippen MR) is 130 cm³/mol. The number of aromatic nitrogens is 7. The second kappa shape index (κ2) is 9.19. The van der Waals surface area contributed by atoms with Crippen molar-refractivity contribution in [3.05, 3.63) is 36.4 Å². The first-order valence-corrected chi connectivity index (χ1v) is 11.9. The third-order valence-electron chi connectivity index (χ3n) is 6.41. The molecular formula is C24H32N8O2.